The van der Waals surface area contributed by atoms with Crippen LogP contribution >= 0.6 is 22.6 Å². The standard InChI is InChI=1S/C15H14FIN2O3S/c1-10(15(20)18-13-6-4-12(17)5-7-13)19-23(21,22)14-8-2-11(16)3-9-14/h2-10,19H,1H3,(H,18,20)/t10-/m1/s1. The van der Waals surface area contributed by atoms with Crippen LogP contribution in [0.25, 0.3) is 0 Å². The van der Waals surface area contributed by atoms with Gasteiger partial charge in [-0.25, -0.2) is 12.8 Å². The highest BCUT2D eigenvalue weighted by Crippen LogP contribution is 2.13. The number of anilines is 1. The van der Waals surface area contributed by atoms with Crippen molar-refractivity contribution in [2.45, 2.75) is 17.9 Å². The number of nitrogens with one attached hydrogen (secondary N) is 2. The van der Waals surface area contributed by atoms with Gasteiger partial charge in [0.05, 0.1) is 10.9 Å². The van der Waals surface area contributed by atoms with E-state index in [-0.39, 0.29) is 4.90 Å². The van der Waals surface area contributed by atoms with Crippen LogP contribution in [0.4, 0.5) is 10.1 Å². The van der Waals surface area contributed by atoms with Gasteiger partial charge in [0.1, 0.15) is 5.82 Å². The minimum atomic E-state index is -3.90. The predicted molar refractivity (Wildman–Crippen MR) is 94.0 cm³/mol. The van der Waals surface area contributed by atoms with E-state index in [1.165, 1.54) is 6.92 Å². The third-order valence-corrected chi connectivity index (χ3v) is 5.24. The quantitative estimate of drug-likeness (QED) is 0.691. The maximum Gasteiger partial charge on any atom is 0.242 e. The average molecular weight is 448 g/mol. The Morgan fingerprint density at radius 1 is 1.09 bits per heavy atom. The van der Waals surface area contributed by atoms with Crippen LogP contribution in [0.5, 0.6) is 0 Å². The second kappa shape index (κ2) is 7.37. The zero-order valence-corrected chi connectivity index (χ0v) is 15.1. The Morgan fingerprint density at radius 3 is 2.22 bits per heavy atom. The predicted octanol–water partition coefficient (Wildman–Crippen LogP) is 2.74. The van der Waals surface area contributed by atoms with Crippen molar-refractivity contribution in [3.05, 3.63) is 57.9 Å². The minimum Gasteiger partial charge on any atom is -0.325 e. The molecule has 0 saturated carbocycles. The molecule has 0 heterocycles. The molecule has 2 N–H and O–H groups in total. The molecular weight excluding hydrogens is 434 g/mol. The maximum absolute atomic E-state index is 12.9. The van der Waals surface area contributed by atoms with Crippen molar-refractivity contribution in [1.82, 2.24) is 4.72 Å². The molecule has 1 atom stereocenters. The summed E-state index contributed by atoms with van der Waals surface area (Å²) < 4.78 is 40.4. The van der Waals surface area contributed by atoms with Crippen LogP contribution in [-0.2, 0) is 14.8 Å². The summed E-state index contributed by atoms with van der Waals surface area (Å²) in [4.78, 5) is 12.0. The summed E-state index contributed by atoms with van der Waals surface area (Å²) >= 11 is 2.14. The Morgan fingerprint density at radius 2 is 1.65 bits per heavy atom. The summed E-state index contributed by atoms with van der Waals surface area (Å²) in [7, 11) is -3.90. The number of hydrogen-bond donors (Lipinski definition) is 2. The number of carbonyl (C=O) groups is 1. The molecule has 2 aromatic rings. The molecule has 0 saturated heterocycles. The zero-order valence-electron chi connectivity index (χ0n) is 12.1. The smallest absolute Gasteiger partial charge is 0.242 e. The van der Waals surface area contributed by atoms with Crippen molar-refractivity contribution in [3.8, 4) is 0 Å². The molecule has 2 aromatic carbocycles. The van der Waals surface area contributed by atoms with Crippen LogP contribution in [0.3, 0.4) is 0 Å². The Bertz CT molecular complexity index is 792. The lowest BCUT2D eigenvalue weighted by Gasteiger charge is -2.14. The van der Waals surface area contributed by atoms with Gasteiger partial charge in [0.2, 0.25) is 15.9 Å². The molecule has 0 aliphatic heterocycles. The molecule has 122 valence electrons. The Kier molecular flexibility index (Phi) is 5.71. The molecule has 0 radical (unpaired) electrons. The lowest BCUT2D eigenvalue weighted by atomic mass is 10.3. The van der Waals surface area contributed by atoms with Gasteiger partial charge in [-0.3, -0.25) is 4.79 Å². The van der Waals surface area contributed by atoms with Gasteiger partial charge < -0.3 is 5.32 Å². The van der Waals surface area contributed by atoms with Gasteiger partial charge in [0.25, 0.3) is 0 Å². The first-order valence-electron chi connectivity index (χ1n) is 6.62. The van der Waals surface area contributed by atoms with Gasteiger partial charge in [-0.2, -0.15) is 4.72 Å². The molecule has 5 nitrogen and oxygen atoms in total. The zero-order chi connectivity index (χ0) is 17.0. The number of hydrogen-bond acceptors (Lipinski definition) is 3. The van der Waals surface area contributed by atoms with Crippen molar-refractivity contribution in [2.75, 3.05) is 5.32 Å². The molecule has 2 rings (SSSR count). The second-order valence-corrected chi connectivity index (χ2v) is 7.75. The van der Waals surface area contributed by atoms with Crippen molar-refractivity contribution < 1.29 is 17.6 Å². The largest absolute Gasteiger partial charge is 0.325 e. The van der Waals surface area contributed by atoms with Crippen molar-refractivity contribution in [3.63, 3.8) is 0 Å². The number of carbonyl (C=O) groups excluding carboxylic acids is 1. The first-order chi connectivity index (χ1) is 10.8. The van der Waals surface area contributed by atoms with Crippen molar-refractivity contribution in [1.29, 1.82) is 0 Å². The van der Waals surface area contributed by atoms with Crippen LogP contribution < -0.4 is 10.0 Å². The van der Waals surface area contributed by atoms with E-state index in [9.17, 15) is 17.6 Å². The van der Waals surface area contributed by atoms with Gasteiger partial charge in [-0.1, -0.05) is 0 Å². The number of halogens is 2. The van der Waals surface area contributed by atoms with Crippen LogP contribution in [0, 0.1) is 9.39 Å². The van der Waals surface area contributed by atoms with E-state index in [4.69, 9.17) is 0 Å². The molecule has 0 spiro atoms. The summed E-state index contributed by atoms with van der Waals surface area (Å²) in [5.41, 5.74) is 0.572. The first kappa shape index (κ1) is 17.8. The summed E-state index contributed by atoms with van der Waals surface area (Å²) in [6, 6.07) is 10.5. The molecule has 0 fully saturated rings. The molecule has 0 bridgehead atoms. The molecule has 23 heavy (non-hydrogen) atoms. The third kappa shape index (κ3) is 4.98. The van der Waals surface area contributed by atoms with Gasteiger partial charge in [0, 0.05) is 9.26 Å². The number of sulfonamides is 1. The molecule has 0 unspecified atom stereocenters. The van der Waals surface area contributed by atoms with Gasteiger partial charge in [-0.05, 0) is 78.0 Å². The Labute approximate surface area is 147 Å². The highest BCUT2D eigenvalue weighted by Gasteiger charge is 2.22. The van der Waals surface area contributed by atoms with E-state index in [1.807, 2.05) is 12.1 Å². The molecule has 0 aliphatic carbocycles. The molecule has 8 heteroatoms. The maximum atomic E-state index is 12.9. The average Bonchev–Trinajstić information content (AvgIpc) is 2.49. The first-order valence-corrected chi connectivity index (χ1v) is 9.18. The SMILES string of the molecule is C[C@@H](NS(=O)(=O)c1ccc(F)cc1)C(=O)Nc1ccc(I)cc1. The van der Waals surface area contributed by atoms with Crippen LogP contribution in [-0.4, -0.2) is 20.4 Å². The molecule has 1 amide bonds. The fourth-order valence-electron chi connectivity index (χ4n) is 1.75. The number of benzene rings is 2. The van der Waals surface area contributed by atoms with Crippen molar-refractivity contribution >= 4 is 44.2 Å². The number of rotatable bonds is 5. The Hall–Kier alpha value is -1.52. The molecule has 0 aromatic heterocycles. The highest BCUT2D eigenvalue weighted by molar-refractivity contribution is 14.1. The van der Waals surface area contributed by atoms with Crippen LogP contribution in [0.1, 0.15) is 6.92 Å². The fourth-order valence-corrected chi connectivity index (χ4v) is 3.31. The Balaban J connectivity index is 2.05. The van der Waals surface area contributed by atoms with E-state index in [1.54, 1.807) is 12.1 Å². The normalized spacial score (nSPS) is 12.7. The van der Waals surface area contributed by atoms with Crippen LogP contribution in [0.15, 0.2) is 53.4 Å². The lowest BCUT2D eigenvalue weighted by molar-refractivity contribution is -0.117. The van der Waals surface area contributed by atoms with Crippen LogP contribution in [0.2, 0.25) is 0 Å². The van der Waals surface area contributed by atoms with E-state index in [0.29, 0.717) is 5.69 Å². The van der Waals surface area contributed by atoms with E-state index >= 15 is 0 Å². The summed E-state index contributed by atoms with van der Waals surface area (Å²) in [6.07, 6.45) is 0. The van der Waals surface area contributed by atoms with E-state index < -0.39 is 27.8 Å². The van der Waals surface area contributed by atoms with Crippen molar-refractivity contribution in [2.24, 2.45) is 0 Å². The minimum absolute atomic E-state index is 0.104. The topological polar surface area (TPSA) is 75.3 Å². The fraction of sp³-hybridized carbons (Fsp3) is 0.133. The lowest BCUT2D eigenvalue weighted by Crippen LogP contribution is -2.41. The molecular formula is C15H14FIN2O3S. The van der Waals surface area contributed by atoms with Gasteiger partial charge in [-0.15, -0.1) is 0 Å². The van der Waals surface area contributed by atoms with Gasteiger partial charge in [0.15, 0.2) is 0 Å². The number of amides is 1. The summed E-state index contributed by atoms with van der Waals surface area (Å²) in [6.45, 7) is 1.43. The highest BCUT2D eigenvalue weighted by atomic mass is 127. The summed E-state index contributed by atoms with van der Waals surface area (Å²) in [5.74, 6) is -1.02. The second-order valence-electron chi connectivity index (χ2n) is 4.79. The monoisotopic (exact) mass is 448 g/mol. The molecule has 0 aliphatic rings. The third-order valence-electron chi connectivity index (χ3n) is 2.96. The van der Waals surface area contributed by atoms with E-state index in [0.717, 1.165) is 27.8 Å². The summed E-state index contributed by atoms with van der Waals surface area (Å²) in [5, 5.41) is 2.62. The van der Waals surface area contributed by atoms with E-state index in [2.05, 4.69) is 32.6 Å². The van der Waals surface area contributed by atoms with Gasteiger partial charge >= 0.3 is 0 Å².